The summed E-state index contributed by atoms with van der Waals surface area (Å²) in [6.07, 6.45) is 9.76. The quantitative estimate of drug-likeness (QED) is 0.428. The molecule has 2 unspecified atom stereocenters. The van der Waals surface area contributed by atoms with Gasteiger partial charge in [-0.3, -0.25) is 14.5 Å². The predicted octanol–water partition coefficient (Wildman–Crippen LogP) is 4.13. The molecular weight excluding hydrogens is 464 g/mol. The fourth-order valence-electron chi connectivity index (χ4n) is 6.43. The number of ketones is 1. The van der Waals surface area contributed by atoms with Crippen LogP contribution in [0.4, 0.5) is 11.4 Å². The first kappa shape index (κ1) is 26.0. The van der Waals surface area contributed by atoms with Gasteiger partial charge in [-0.1, -0.05) is 38.1 Å². The van der Waals surface area contributed by atoms with Gasteiger partial charge in [0.1, 0.15) is 0 Å². The zero-order chi connectivity index (χ0) is 25.8. The van der Waals surface area contributed by atoms with Gasteiger partial charge in [-0.05, 0) is 62.1 Å². The zero-order valence-electron chi connectivity index (χ0n) is 22.4. The molecule has 1 aromatic carbocycles. The van der Waals surface area contributed by atoms with E-state index < -0.39 is 0 Å². The number of ether oxygens (including phenoxy) is 1. The van der Waals surface area contributed by atoms with Crippen LogP contribution in [-0.4, -0.2) is 68.6 Å². The van der Waals surface area contributed by atoms with Crippen molar-refractivity contribution in [1.82, 2.24) is 10.2 Å². The van der Waals surface area contributed by atoms with E-state index in [9.17, 15) is 9.59 Å². The molecule has 0 saturated carbocycles. The largest absolute Gasteiger partial charge is 0.379 e. The van der Waals surface area contributed by atoms with Crippen molar-refractivity contribution >= 4 is 23.1 Å². The topological polar surface area (TPSA) is 73.9 Å². The Balaban J connectivity index is 1.39. The van der Waals surface area contributed by atoms with Crippen LogP contribution in [0, 0.1) is 11.3 Å². The van der Waals surface area contributed by atoms with E-state index in [-0.39, 0.29) is 29.7 Å². The minimum atomic E-state index is -0.112. The molecule has 7 heteroatoms. The van der Waals surface area contributed by atoms with E-state index in [0.717, 1.165) is 87.6 Å². The summed E-state index contributed by atoms with van der Waals surface area (Å²) in [5.74, 6) is 0.532. The second-order valence-electron chi connectivity index (χ2n) is 11.8. The number of rotatable bonds is 7. The van der Waals surface area contributed by atoms with E-state index in [1.165, 1.54) is 0 Å². The molecule has 37 heavy (non-hydrogen) atoms. The molecule has 2 aliphatic carbocycles. The van der Waals surface area contributed by atoms with Crippen molar-refractivity contribution in [2.75, 3.05) is 56.2 Å². The summed E-state index contributed by atoms with van der Waals surface area (Å²) in [4.78, 5) is 31.7. The third-order valence-electron chi connectivity index (χ3n) is 8.20. The highest BCUT2D eigenvalue weighted by molar-refractivity contribution is 6.01. The minimum absolute atomic E-state index is 0.0146. The van der Waals surface area contributed by atoms with E-state index in [1.807, 2.05) is 12.1 Å². The lowest BCUT2D eigenvalue weighted by molar-refractivity contribution is -0.121. The average molecular weight is 507 g/mol. The van der Waals surface area contributed by atoms with Crippen molar-refractivity contribution in [3.05, 3.63) is 47.7 Å². The maximum Gasteiger partial charge on any atom is 0.239 e. The Morgan fingerprint density at radius 3 is 2.76 bits per heavy atom. The SMILES string of the molecule is CC1(C)CC(=O)C2=C(C1)Nc1ccccc1N(CC(=O)NCCCN1CCOCC1)C2C1CC=CCC1. The molecule has 2 heterocycles. The molecule has 4 aliphatic rings. The van der Waals surface area contributed by atoms with Gasteiger partial charge < -0.3 is 20.3 Å². The number of hydrogen-bond acceptors (Lipinski definition) is 6. The third-order valence-corrected chi connectivity index (χ3v) is 8.20. The number of para-hydroxylation sites is 2. The molecule has 2 N–H and O–H groups in total. The van der Waals surface area contributed by atoms with Crippen LogP contribution >= 0.6 is 0 Å². The number of Topliss-reactive ketones (excluding diaryl/α,β-unsaturated/α-hetero) is 1. The van der Waals surface area contributed by atoms with Crippen LogP contribution in [0.15, 0.2) is 47.7 Å². The Hall–Kier alpha value is -2.64. The number of amides is 1. The molecule has 1 saturated heterocycles. The van der Waals surface area contributed by atoms with Gasteiger partial charge in [-0.2, -0.15) is 0 Å². The lowest BCUT2D eigenvalue weighted by Gasteiger charge is -2.41. The third kappa shape index (κ3) is 6.10. The van der Waals surface area contributed by atoms with Crippen LogP contribution in [0.2, 0.25) is 0 Å². The molecule has 0 radical (unpaired) electrons. The van der Waals surface area contributed by atoms with E-state index in [2.05, 4.69) is 58.6 Å². The lowest BCUT2D eigenvalue weighted by Crippen LogP contribution is -2.50. The molecule has 200 valence electrons. The average Bonchev–Trinajstić information content (AvgIpc) is 3.01. The van der Waals surface area contributed by atoms with Crippen LogP contribution in [0.5, 0.6) is 0 Å². The van der Waals surface area contributed by atoms with Gasteiger partial charge >= 0.3 is 0 Å². The lowest BCUT2D eigenvalue weighted by atomic mass is 9.71. The summed E-state index contributed by atoms with van der Waals surface area (Å²) < 4.78 is 5.43. The molecule has 2 aliphatic heterocycles. The number of benzene rings is 1. The highest BCUT2D eigenvalue weighted by Gasteiger charge is 2.43. The fourth-order valence-corrected chi connectivity index (χ4v) is 6.43. The van der Waals surface area contributed by atoms with Crippen LogP contribution < -0.4 is 15.5 Å². The van der Waals surface area contributed by atoms with E-state index in [4.69, 9.17) is 4.74 Å². The molecule has 1 fully saturated rings. The van der Waals surface area contributed by atoms with Crippen molar-refractivity contribution in [2.45, 2.75) is 58.4 Å². The van der Waals surface area contributed by atoms with Crippen LogP contribution in [0.1, 0.15) is 52.4 Å². The maximum atomic E-state index is 13.7. The number of allylic oxidation sites excluding steroid dienone is 3. The number of fused-ring (bicyclic) bond motifs is 1. The van der Waals surface area contributed by atoms with Gasteiger partial charge in [0, 0.05) is 37.3 Å². The minimum Gasteiger partial charge on any atom is -0.379 e. The standard InChI is InChI=1S/C30H42N4O3/c1-30(2)19-24-28(26(35)20-30)29(22-9-4-3-5-10-22)34(25-12-7-6-11-23(25)32-24)21-27(36)31-13-8-14-33-15-17-37-18-16-33/h3-4,6-7,11-12,22,29,32H,5,8-10,13-21H2,1-2H3,(H,31,36). The fraction of sp³-hybridized carbons (Fsp3) is 0.600. The second kappa shape index (κ2) is 11.4. The number of carbonyl (C=O) groups is 2. The Bertz CT molecular complexity index is 1060. The van der Waals surface area contributed by atoms with E-state index >= 15 is 0 Å². The maximum absolute atomic E-state index is 13.7. The monoisotopic (exact) mass is 506 g/mol. The van der Waals surface area contributed by atoms with Gasteiger partial charge in [0.15, 0.2) is 5.78 Å². The molecule has 0 aromatic heterocycles. The molecule has 7 nitrogen and oxygen atoms in total. The predicted molar refractivity (Wildman–Crippen MR) is 148 cm³/mol. The van der Waals surface area contributed by atoms with Gasteiger partial charge in [0.25, 0.3) is 0 Å². The Morgan fingerprint density at radius 1 is 1.16 bits per heavy atom. The van der Waals surface area contributed by atoms with Gasteiger partial charge in [0.2, 0.25) is 5.91 Å². The van der Waals surface area contributed by atoms with Crippen LogP contribution in [0.25, 0.3) is 0 Å². The second-order valence-corrected chi connectivity index (χ2v) is 11.8. The Kier molecular flexibility index (Phi) is 8.01. The normalized spacial score (nSPS) is 25.7. The molecule has 2 atom stereocenters. The van der Waals surface area contributed by atoms with E-state index in [0.29, 0.717) is 18.9 Å². The Labute approximate surface area is 221 Å². The molecule has 1 aromatic rings. The highest BCUT2D eigenvalue weighted by Crippen LogP contribution is 2.46. The molecule has 0 bridgehead atoms. The summed E-state index contributed by atoms with van der Waals surface area (Å²) in [6, 6.07) is 8.10. The van der Waals surface area contributed by atoms with E-state index in [1.54, 1.807) is 0 Å². The molecular formula is C30H42N4O3. The smallest absolute Gasteiger partial charge is 0.239 e. The number of nitrogens with zero attached hydrogens (tertiary/aromatic N) is 2. The summed E-state index contributed by atoms with van der Waals surface area (Å²) in [7, 11) is 0. The first-order chi connectivity index (χ1) is 17.9. The van der Waals surface area contributed by atoms with Crippen molar-refractivity contribution in [3.8, 4) is 0 Å². The summed E-state index contributed by atoms with van der Waals surface area (Å²) in [6.45, 7) is 9.73. The summed E-state index contributed by atoms with van der Waals surface area (Å²) in [5, 5.41) is 6.83. The Morgan fingerprint density at radius 2 is 1.97 bits per heavy atom. The number of carbonyl (C=O) groups excluding carboxylic acids is 2. The van der Waals surface area contributed by atoms with Crippen molar-refractivity contribution in [2.24, 2.45) is 11.3 Å². The van der Waals surface area contributed by atoms with Crippen molar-refractivity contribution < 1.29 is 14.3 Å². The molecule has 0 spiro atoms. The first-order valence-corrected chi connectivity index (χ1v) is 14.0. The summed E-state index contributed by atoms with van der Waals surface area (Å²) >= 11 is 0. The summed E-state index contributed by atoms with van der Waals surface area (Å²) in [5.41, 5.74) is 3.85. The highest BCUT2D eigenvalue weighted by atomic mass is 16.5. The number of nitrogens with one attached hydrogen (secondary N) is 2. The van der Waals surface area contributed by atoms with Gasteiger partial charge in [-0.15, -0.1) is 0 Å². The number of anilines is 2. The number of hydrogen-bond donors (Lipinski definition) is 2. The molecule has 1 amide bonds. The van der Waals surface area contributed by atoms with Crippen molar-refractivity contribution in [3.63, 3.8) is 0 Å². The van der Waals surface area contributed by atoms with Gasteiger partial charge in [-0.25, -0.2) is 0 Å². The van der Waals surface area contributed by atoms with Gasteiger partial charge in [0.05, 0.1) is 37.2 Å². The number of morpholine rings is 1. The first-order valence-electron chi connectivity index (χ1n) is 14.0. The molecule has 5 rings (SSSR count). The van der Waals surface area contributed by atoms with Crippen molar-refractivity contribution in [1.29, 1.82) is 0 Å². The van der Waals surface area contributed by atoms with Crippen LogP contribution in [-0.2, 0) is 14.3 Å². The van der Waals surface area contributed by atoms with Crippen LogP contribution in [0.3, 0.4) is 0 Å². The zero-order valence-corrected chi connectivity index (χ0v) is 22.4.